The number of aryl methyl sites for hydroxylation is 1. The summed E-state index contributed by atoms with van der Waals surface area (Å²) in [4.78, 5) is 12.5. The molecule has 1 aromatic carbocycles. The van der Waals surface area contributed by atoms with Crippen LogP contribution >= 0.6 is 11.6 Å². The van der Waals surface area contributed by atoms with E-state index < -0.39 is 6.10 Å². The van der Waals surface area contributed by atoms with E-state index in [4.69, 9.17) is 16.1 Å². The van der Waals surface area contributed by atoms with Gasteiger partial charge >= 0.3 is 0 Å². The summed E-state index contributed by atoms with van der Waals surface area (Å²) < 4.78 is 5.17. The number of aliphatic hydroxyl groups is 1. The van der Waals surface area contributed by atoms with E-state index in [9.17, 15) is 9.90 Å². The lowest BCUT2D eigenvalue weighted by Crippen LogP contribution is -2.35. The number of hydrogen-bond donors (Lipinski definition) is 2. The Balaban J connectivity index is 2.22. The Hall–Kier alpha value is -1.85. The van der Waals surface area contributed by atoms with Gasteiger partial charge in [0.05, 0.1) is 11.1 Å². The summed E-state index contributed by atoms with van der Waals surface area (Å²) in [5.74, 6) is 0.193. The largest absolute Gasteiger partial charge is 0.391 e. The van der Waals surface area contributed by atoms with Gasteiger partial charge in [-0.05, 0) is 18.9 Å². The molecule has 124 valence electrons. The molecule has 2 unspecified atom stereocenters. The van der Waals surface area contributed by atoms with Gasteiger partial charge in [-0.15, -0.1) is 0 Å². The summed E-state index contributed by atoms with van der Waals surface area (Å²) in [6.07, 6.45) is 0.252. The number of amides is 1. The maximum absolute atomic E-state index is 12.5. The number of carbonyl (C=O) groups excluding carboxylic acids is 1. The van der Waals surface area contributed by atoms with Crippen molar-refractivity contribution in [3.05, 3.63) is 40.6 Å². The Morgan fingerprint density at radius 1 is 1.43 bits per heavy atom. The first kappa shape index (κ1) is 17.5. The smallest absolute Gasteiger partial charge is 0.257 e. The zero-order valence-electron chi connectivity index (χ0n) is 13.5. The standard InChI is InChI=1S/C17H21ClN2O3/c1-4-10(2)14(21)9-19-17(22)15-11(3)23-20-16(15)12-7-5-6-8-13(12)18/h5-8,10,14,21H,4,9H2,1-3H3,(H,19,22). The van der Waals surface area contributed by atoms with E-state index in [0.717, 1.165) is 6.42 Å². The molecule has 0 fully saturated rings. The number of nitrogens with one attached hydrogen (secondary N) is 1. The van der Waals surface area contributed by atoms with Crippen molar-refractivity contribution in [2.75, 3.05) is 6.54 Å². The second-order valence-corrected chi connectivity index (χ2v) is 6.01. The molecule has 2 atom stereocenters. The van der Waals surface area contributed by atoms with Gasteiger partial charge in [-0.1, -0.05) is 55.2 Å². The van der Waals surface area contributed by atoms with Crippen LogP contribution in [0.3, 0.4) is 0 Å². The van der Waals surface area contributed by atoms with Crippen molar-refractivity contribution in [3.8, 4) is 11.3 Å². The van der Waals surface area contributed by atoms with Gasteiger partial charge in [0.25, 0.3) is 5.91 Å². The third-order valence-corrected chi connectivity index (χ3v) is 4.32. The lowest BCUT2D eigenvalue weighted by Gasteiger charge is -2.17. The molecule has 1 aromatic heterocycles. The van der Waals surface area contributed by atoms with Gasteiger partial charge in [0.15, 0.2) is 0 Å². The highest BCUT2D eigenvalue weighted by molar-refractivity contribution is 6.33. The van der Waals surface area contributed by atoms with Crippen molar-refractivity contribution in [2.45, 2.75) is 33.3 Å². The molecule has 0 radical (unpaired) electrons. The molecule has 6 heteroatoms. The molecule has 0 saturated carbocycles. The van der Waals surface area contributed by atoms with Crippen molar-refractivity contribution in [1.29, 1.82) is 0 Å². The first-order valence-electron chi connectivity index (χ1n) is 7.63. The Morgan fingerprint density at radius 2 is 2.13 bits per heavy atom. The number of carbonyl (C=O) groups is 1. The van der Waals surface area contributed by atoms with Crippen molar-refractivity contribution < 1.29 is 14.4 Å². The second kappa shape index (κ2) is 7.62. The highest BCUT2D eigenvalue weighted by Crippen LogP contribution is 2.30. The Kier molecular flexibility index (Phi) is 5.80. The third-order valence-electron chi connectivity index (χ3n) is 3.99. The molecule has 1 amide bonds. The van der Waals surface area contributed by atoms with Gasteiger partial charge in [-0.25, -0.2) is 0 Å². The van der Waals surface area contributed by atoms with Gasteiger partial charge in [-0.3, -0.25) is 4.79 Å². The van der Waals surface area contributed by atoms with Crippen molar-refractivity contribution in [2.24, 2.45) is 5.92 Å². The van der Waals surface area contributed by atoms with Crippen LogP contribution in [0.4, 0.5) is 0 Å². The van der Waals surface area contributed by atoms with Crippen LogP contribution in [0.15, 0.2) is 28.8 Å². The summed E-state index contributed by atoms with van der Waals surface area (Å²) in [6, 6.07) is 7.14. The van der Waals surface area contributed by atoms with Crippen LogP contribution in [0.5, 0.6) is 0 Å². The second-order valence-electron chi connectivity index (χ2n) is 5.61. The molecule has 0 aliphatic carbocycles. The molecule has 0 spiro atoms. The summed E-state index contributed by atoms with van der Waals surface area (Å²) >= 11 is 6.18. The van der Waals surface area contributed by atoms with Gasteiger partial charge in [0.1, 0.15) is 17.0 Å². The van der Waals surface area contributed by atoms with Crippen LogP contribution in [-0.2, 0) is 0 Å². The zero-order valence-corrected chi connectivity index (χ0v) is 14.2. The van der Waals surface area contributed by atoms with Crippen LogP contribution in [0, 0.1) is 12.8 Å². The van der Waals surface area contributed by atoms with Gasteiger partial charge in [0.2, 0.25) is 0 Å². The van der Waals surface area contributed by atoms with Crippen LogP contribution in [0.2, 0.25) is 5.02 Å². The van der Waals surface area contributed by atoms with E-state index in [0.29, 0.717) is 27.6 Å². The monoisotopic (exact) mass is 336 g/mol. The first-order chi connectivity index (χ1) is 11.0. The number of nitrogens with zero attached hydrogens (tertiary/aromatic N) is 1. The van der Waals surface area contributed by atoms with Crippen LogP contribution in [0.25, 0.3) is 11.3 Å². The molecule has 0 bridgehead atoms. The maximum Gasteiger partial charge on any atom is 0.257 e. The minimum absolute atomic E-state index is 0.113. The third kappa shape index (κ3) is 3.92. The molecular formula is C17H21ClN2O3. The first-order valence-corrected chi connectivity index (χ1v) is 8.00. The molecule has 2 N–H and O–H groups in total. The molecule has 1 heterocycles. The van der Waals surface area contributed by atoms with E-state index in [1.165, 1.54) is 0 Å². The predicted octanol–water partition coefficient (Wildman–Crippen LogP) is 3.44. The van der Waals surface area contributed by atoms with E-state index in [1.54, 1.807) is 25.1 Å². The predicted molar refractivity (Wildman–Crippen MR) is 89.5 cm³/mol. The van der Waals surface area contributed by atoms with Gasteiger partial charge in [-0.2, -0.15) is 0 Å². The SMILES string of the molecule is CCC(C)C(O)CNC(=O)c1c(-c2ccccc2Cl)noc1C. The number of aliphatic hydroxyl groups excluding tert-OH is 1. The lowest BCUT2D eigenvalue weighted by atomic mass is 10.0. The lowest BCUT2D eigenvalue weighted by molar-refractivity contribution is 0.0849. The molecule has 2 rings (SSSR count). The number of rotatable bonds is 6. The fourth-order valence-electron chi connectivity index (χ4n) is 2.24. The van der Waals surface area contributed by atoms with E-state index in [2.05, 4.69) is 10.5 Å². The highest BCUT2D eigenvalue weighted by Gasteiger charge is 2.23. The van der Waals surface area contributed by atoms with Crippen LogP contribution < -0.4 is 5.32 Å². The molecule has 23 heavy (non-hydrogen) atoms. The molecule has 0 aliphatic heterocycles. The molecule has 0 saturated heterocycles. The minimum Gasteiger partial charge on any atom is -0.391 e. The van der Waals surface area contributed by atoms with E-state index in [-0.39, 0.29) is 18.4 Å². The summed E-state index contributed by atoms with van der Waals surface area (Å²) in [6.45, 7) is 5.79. The maximum atomic E-state index is 12.5. The zero-order chi connectivity index (χ0) is 17.0. The summed E-state index contributed by atoms with van der Waals surface area (Å²) in [5, 5.41) is 17.2. The Morgan fingerprint density at radius 3 is 2.78 bits per heavy atom. The van der Waals surface area contributed by atoms with Gasteiger partial charge < -0.3 is 14.9 Å². The molecule has 5 nitrogen and oxygen atoms in total. The van der Waals surface area contributed by atoms with Gasteiger partial charge in [0, 0.05) is 12.1 Å². The highest BCUT2D eigenvalue weighted by atomic mass is 35.5. The summed E-state index contributed by atoms with van der Waals surface area (Å²) in [5.41, 5.74) is 1.39. The molecule has 2 aromatic rings. The van der Waals surface area contributed by atoms with Crippen molar-refractivity contribution in [3.63, 3.8) is 0 Å². The molecular weight excluding hydrogens is 316 g/mol. The fraction of sp³-hybridized carbons (Fsp3) is 0.412. The average Bonchev–Trinajstić information content (AvgIpc) is 2.93. The fourth-order valence-corrected chi connectivity index (χ4v) is 2.46. The Bertz CT molecular complexity index is 684. The van der Waals surface area contributed by atoms with Crippen molar-refractivity contribution in [1.82, 2.24) is 10.5 Å². The van der Waals surface area contributed by atoms with Crippen molar-refractivity contribution >= 4 is 17.5 Å². The topological polar surface area (TPSA) is 75.4 Å². The normalized spacial score (nSPS) is 13.6. The number of halogens is 1. The number of benzene rings is 1. The van der Waals surface area contributed by atoms with Crippen LogP contribution in [-0.4, -0.2) is 28.8 Å². The summed E-state index contributed by atoms with van der Waals surface area (Å²) in [7, 11) is 0. The quantitative estimate of drug-likeness (QED) is 0.847. The molecule has 0 aliphatic rings. The number of aromatic nitrogens is 1. The van der Waals surface area contributed by atoms with Crippen LogP contribution in [0.1, 0.15) is 36.4 Å². The Labute approximate surface area is 140 Å². The average molecular weight is 337 g/mol. The minimum atomic E-state index is -0.590. The van der Waals surface area contributed by atoms with E-state index >= 15 is 0 Å². The van der Waals surface area contributed by atoms with E-state index in [1.807, 2.05) is 19.9 Å². The number of hydrogen-bond acceptors (Lipinski definition) is 4.